The van der Waals surface area contributed by atoms with Gasteiger partial charge in [0.05, 0.1) is 5.69 Å². The molecule has 0 aliphatic heterocycles. The molecule has 0 aliphatic carbocycles. The van der Waals surface area contributed by atoms with Crippen LogP contribution in [0.5, 0.6) is 0 Å². The van der Waals surface area contributed by atoms with Gasteiger partial charge in [-0.25, -0.2) is 0 Å². The van der Waals surface area contributed by atoms with Crippen molar-refractivity contribution in [1.82, 2.24) is 15.1 Å². The summed E-state index contributed by atoms with van der Waals surface area (Å²) in [6.07, 6.45) is 5.45. The maximum absolute atomic E-state index is 4.34. The number of hydrogen-bond acceptors (Lipinski definition) is 2. The fourth-order valence-corrected chi connectivity index (χ4v) is 1.65. The molecule has 1 unspecified atom stereocenters. The molecule has 0 bridgehead atoms. The van der Waals surface area contributed by atoms with Gasteiger partial charge in [-0.05, 0) is 33.7 Å². The number of nitrogens with zero attached hydrogens (tertiary/aromatic N) is 2. The molecule has 3 nitrogen and oxygen atoms in total. The van der Waals surface area contributed by atoms with Crippen LogP contribution >= 0.6 is 0 Å². The molecule has 1 N–H and O–H groups in total. The number of hydrogen-bond donors (Lipinski definition) is 1. The van der Waals surface area contributed by atoms with E-state index in [9.17, 15) is 0 Å². The third-order valence-corrected chi connectivity index (χ3v) is 2.82. The normalized spacial score (nSPS) is 14.2. The highest BCUT2D eigenvalue weighted by atomic mass is 15.2. The molecule has 1 atom stereocenters. The highest BCUT2D eigenvalue weighted by molar-refractivity contribution is 5.54. The Morgan fingerprint density at radius 2 is 2.31 bits per heavy atom. The van der Waals surface area contributed by atoms with E-state index in [1.165, 1.54) is 17.6 Å². The van der Waals surface area contributed by atoms with Crippen LogP contribution in [0.25, 0.3) is 6.08 Å². The second kappa shape index (κ2) is 5.85. The van der Waals surface area contributed by atoms with Gasteiger partial charge in [0.1, 0.15) is 0 Å². The Bertz CT molecular complexity index is 363. The second-order valence-electron chi connectivity index (χ2n) is 4.41. The van der Waals surface area contributed by atoms with Crippen molar-refractivity contribution in [2.75, 3.05) is 6.54 Å². The molecule has 16 heavy (non-hydrogen) atoms. The number of rotatable bonds is 5. The maximum atomic E-state index is 4.34. The summed E-state index contributed by atoms with van der Waals surface area (Å²) in [5.41, 5.74) is 3.65. The van der Waals surface area contributed by atoms with E-state index in [1.54, 1.807) is 0 Å². The highest BCUT2D eigenvalue weighted by Crippen LogP contribution is 2.12. The monoisotopic (exact) mass is 221 g/mol. The SMILES string of the molecule is CCCNC(C)C(C)=Cc1cn(C)nc1C. The average molecular weight is 221 g/mol. The zero-order valence-electron chi connectivity index (χ0n) is 11.0. The van der Waals surface area contributed by atoms with Gasteiger partial charge in [-0.3, -0.25) is 4.68 Å². The minimum Gasteiger partial charge on any atom is -0.311 e. The molecule has 0 spiro atoms. The molecule has 0 saturated carbocycles. The lowest BCUT2D eigenvalue weighted by atomic mass is 10.1. The van der Waals surface area contributed by atoms with Gasteiger partial charge in [-0.2, -0.15) is 5.10 Å². The standard InChI is InChI=1S/C13H23N3/c1-6-7-14-11(3)10(2)8-13-9-16(5)15-12(13)4/h8-9,11,14H,6-7H2,1-5H3. The molecule has 1 aromatic rings. The Morgan fingerprint density at radius 1 is 1.62 bits per heavy atom. The first kappa shape index (κ1) is 13.0. The molecular weight excluding hydrogens is 198 g/mol. The first-order valence-corrected chi connectivity index (χ1v) is 5.96. The van der Waals surface area contributed by atoms with Gasteiger partial charge in [-0.15, -0.1) is 0 Å². The number of nitrogens with one attached hydrogen (secondary N) is 1. The minimum absolute atomic E-state index is 0.430. The van der Waals surface area contributed by atoms with Crippen molar-refractivity contribution in [2.45, 2.75) is 40.2 Å². The average Bonchev–Trinajstić information content (AvgIpc) is 2.53. The fraction of sp³-hybridized carbons (Fsp3) is 0.615. The molecular formula is C13H23N3. The minimum atomic E-state index is 0.430. The zero-order chi connectivity index (χ0) is 12.1. The van der Waals surface area contributed by atoms with Gasteiger partial charge < -0.3 is 5.32 Å². The summed E-state index contributed by atoms with van der Waals surface area (Å²) in [5.74, 6) is 0. The lowest BCUT2D eigenvalue weighted by molar-refractivity contribution is 0.604. The van der Waals surface area contributed by atoms with Crippen LogP contribution in [0.1, 0.15) is 38.4 Å². The first-order chi connectivity index (χ1) is 7.54. The van der Waals surface area contributed by atoms with Crippen molar-refractivity contribution in [3.63, 3.8) is 0 Å². The van der Waals surface area contributed by atoms with Crippen molar-refractivity contribution in [1.29, 1.82) is 0 Å². The van der Waals surface area contributed by atoms with Crippen molar-refractivity contribution in [2.24, 2.45) is 7.05 Å². The van der Waals surface area contributed by atoms with Gasteiger partial charge in [0.2, 0.25) is 0 Å². The number of aryl methyl sites for hydroxylation is 2. The third kappa shape index (κ3) is 3.49. The van der Waals surface area contributed by atoms with Crippen molar-refractivity contribution >= 4 is 6.08 Å². The topological polar surface area (TPSA) is 29.9 Å². The van der Waals surface area contributed by atoms with Crippen LogP contribution in [0.15, 0.2) is 11.8 Å². The van der Waals surface area contributed by atoms with E-state index in [2.05, 4.69) is 43.5 Å². The first-order valence-electron chi connectivity index (χ1n) is 5.96. The zero-order valence-corrected chi connectivity index (χ0v) is 11.0. The summed E-state index contributed by atoms with van der Waals surface area (Å²) in [5, 5.41) is 7.82. The van der Waals surface area contributed by atoms with Crippen molar-refractivity contribution < 1.29 is 0 Å². The van der Waals surface area contributed by atoms with Gasteiger partial charge in [0.15, 0.2) is 0 Å². The van der Waals surface area contributed by atoms with Crippen LogP contribution in [0, 0.1) is 6.92 Å². The predicted molar refractivity (Wildman–Crippen MR) is 69.4 cm³/mol. The van der Waals surface area contributed by atoms with E-state index >= 15 is 0 Å². The summed E-state index contributed by atoms with van der Waals surface area (Å²) in [6.45, 7) is 9.67. The molecule has 90 valence electrons. The van der Waals surface area contributed by atoms with Gasteiger partial charge in [0.25, 0.3) is 0 Å². The summed E-state index contributed by atoms with van der Waals surface area (Å²) in [4.78, 5) is 0. The van der Waals surface area contributed by atoms with Crippen molar-refractivity contribution in [3.05, 3.63) is 23.0 Å². The van der Waals surface area contributed by atoms with Crippen LogP contribution in [-0.2, 0) is 7.05 Å². The molecule has 1 rings (SSSR count). The lowest BCUT2D eigenvalue weighted by Crippen LogP contribution is -2.27. The van der Waals surface area contributed by atoms with E-state index in [4.69, 9.17) is 0 Å². The van der Waals surface area contributed by atoms with Gasteiger partial charge in [-0.1, -0.05) is 18.6 Å². The maximum Gasteiger partial charge on any atom is 0.0665 e. The highest BCUT2D eigenvalue weighted by Gasteiger charge is 2.05. The smallest absolute Gasteiger partial charge is 0.0665 e. The summed E-state index contributed by atoms with van der Waals surface area (Å²) >= 11 is 0. The molecule has 0 aromatic carbocycles. The van der Waals surface area contributed by atoms with Crippen LogP contribution in [0.3, 0.4) is 0 Å². The summed E-state index contributed by atoms with van der Waals surface area (Å²) in [6, 6.07) is 0.430. The largest absolute Gasteiger partial charge is 0.311 e. The van der Waals surface area contributed by atoms with Crippen LogP contribution in [0.2, 0.25) is 0 Å². The molecule has 1 heterocycles. The Balaban J connectivity index is 2.72. The van der Waals surface area contributed by atoms with Crippen LogP contribution in [0.4, 0.5) is 0 Å². The predicted octanol–water partition coefficient (Wildman–Crippen LogP) is 2.52. The summed E-state index contributed by atoms with van der Waals surface area (Å²) in [7, 11) is 1.96. The van der Waals surface area contributed by atoms with E-state index < -0.39 is 0 Å². The summed E-state index contributed by atoms with van der Waals surface area (Å²) < 4.78 is 1.86. The Hall–Kier alpha value is -1.09. The lowest BCUT2D eigenvalue weighted by Gasteiger charge is -2.13. The second-order valence-corrected chi connectivity index (χ2v) is 4.41. The molecule has 0 amide bonds. The van der Waals surface area contributed by atoms with E-state index in [0.29, 0.717) is 6.04 Å². The van der Waals surface area contributed by atoms with Gasteiger partial charge >= 0.3 is 0 Å². The molecule has 0 aliphatic rings. The van der Waals surface area contributed by atoms with Gasteiger partial charge in [0, 0.05) is 24.8 Å². The Kier molecular flexibility index (Phi) is 4.74. The van der Waals surface area contributed by atoms with Crippen molar-refractivity contribution in [3.8, 4) is 0 Å². The molecule has 0 radical (unpaired) electrons. The van der Waals surface area contributed by atoms with E-state index in [-0.39, 0.29) is 0 Å². The van der Waals surface area contributed by atoms with E-state index in [0.717, 1.165) is 12.2 Å². The Morgan fingerprint density at radius 3 is 2.81 bits per heavy atom. The fourth-order valence-electron chi connectivity index (χ4n) is 1.65. The molecule has 0 fully saturated rings. The van der Waals surface area contributed by atoms with Crippen LogP contribution in [-0.4, -0.2) is 22.4 Å². The van der Waals surface area contributed by atoms with E-state index in [1.807, 2.05) is 18.7 Å². The Labute approximate surface area is 98.5 Å². The molecule has 3 heteroatoms. The van der Waals surface area contributed by atoms with Crippen LogP contribution < -0.4 is 5.32 Å². The number of aromatic nitrogens is 2. The quantitative estimate of drug-likeness (QED) is 0.828. The molecule has 1 aromatic heterocycles. The third-order valence-electron chi connectivity index (χ3n) is 2.82. The molecule has 0 saturated heterocycles.